The van der Waals surface area contributed by atoms with Crippen LogP contribution in [0.5, 0.6) is 0 Å². The third kappa shape index (κ3) is 4.37. The molecule has 1 N–H and O–H groups in total. The number of aryl methyl sites for hydroxylation is 1. The molecule has 1 aliphatic rings. The summed E-state index contributed by atoms with van der Waals surface area (Å²) in [5.74, 6) is -0.447. The molecule has 5 aromatic rings. The Labute approximate surface area is 225 Å². The van der Waals surface area contributed by atoms with Gasteiger partial charge in [-0.15, -0.1) is 0 Å². The maximum absolute atomic E-state index is 15.8. The van der Waals surface area contributed by atoms with E-state index < -0.39 is 12.9 Å². The molecule has 0 fully saturated rings. The summed E-state index contributed by atoms with van der Waals surface area (Å²) < 4.78 is 15.8. The minimum absolute atomic E-state index is 0.150. The van der Waals surface area contributed by atoms with Crippen LogP contribution in [0.1, 0.15) is 45.2 Å². The molecule has 0 unspecified atom stereocenters. The highest BCUT2D eigenvalue weighted by molar-refractivity contribution is 7.79. The topological polar surface area (TPSA) is 29.1 Å². The fourth-order valence-corrected chi connectivity index (χ4v) is 8.73. The zero-order valence-electron chi connectivity index (χ0n) is 21.4. The van der Waals surface area contributed by atoms with E-state index in [9.17, 15) is 0 Å². The monoisotopic (exact) mass is 511 g/mol. The van der Waals surface area contributed by atoms with Crippen molar-refractivity contribution in [2.24, 2.45) is 0 Å². The van der Waals surface area contributed by atoms with E-state index in [1.165, 1.54) is 22.3 Å². The standard InChI is InChI=1S/C35H30NOP/c1-26-14-8-11-21-31(26)35(38(37,29-17-4-2-5-18-29)30-19-6-3-7-20-30)36-34-32-22-12-9-15-27(32)24-25-28-16-10-13-23-33(28)34/h2-25,34-36H,1H3/t35-/m1/s1. The SMILES string of the molecule is Cc1ccccc1[C@H](NC1c2ccccc2C=Cc2ccccc21)P(=O)(c1ccccc1)c1ccccc1. The molecule has 2 nitrogen and oxygen atoms in total. The Hall–Kier alpha value is -3.97. The third-order valence-electron chi connectivity index (χ3n) is 7.51. The summed E-state index contributed by atoms with van der Waals surface area (Å²) in [5.41, 5.74) is 6.86. The first kappa shape index (κ1) is 24.4. The molecule has 1 atom stereocenters. The summed E-state index contributed by atoms with van der Waals surface area (Å²) in [7, 11) is -3.22. The van der Waals surface area contributed by atoms with Gasteiger partial charge in [-0.05, 0) is 40.3 Å². The predicted molar refractivity (Wildman–Crippen MR) is 160 cm³/mol. The Bertz CT molecular complexity index is 1550. The highest BCUT2D eigenvalue weighted by Crippen LogP contribution is 2.57. The van der Waals surface area contributed by atoms with Gasteiger partial charge < -0.3 is 4.57 Å². The summed E-state index contributed by atoms with van der Waals surface area (Å²) in [6, 6.07) is 45.2. The molecule has 0 bridgehead atoms. The molecule has 3 heteroatoms. The molecule has 0 saturated carbocycles. The lowest BCUT2D eigenvalue weighted by Gasteiger charge is -2.35. The van der Waals surface area contributed by atoms with Gasteiger partial charge in [0.2, 0.25) is 0 Å². The molecule has 186 valence electrons. The van der Waals surface area contributed by atoms with Gasteiger partial charge in [-0.25, -0.2) is 0 Å². The van der Waals surface area contributed by atoms with Crippen LogP contribution in [-0.2, 0) is 4.57 Å². The van der Waals surface area contributed by atoms with Crippen LogP contribution in [0.25, 0.3) is 12.2 Å². The largest absolute Gasteiger partial charge is 0.312 e. The molecule has 1 aliphatic carbocycles. The van der Waals surface area contributed by atoms with Crippen LogP contribution in [-0.4, -0.2) is 0 Å². The number of hydrogen-bond donors (Lipinski definition) is 1. The van der Waals surface area contributed by atoms with Crippen molar-refractivity contribution >= 4 is 29.9 Å². The lowest BCUT2D eigenvalue weighted by molar-refractivity contribution is 0.536. The number of rotatable bonds is 6. The van der Waals surface area contributed by atoms with Gasteiger partial charge in [0.15, 0.2) is 7.14 Å². The van der Waals surface area contributed by atoms with E-state index in [1.54, 1.807) is 0 Å². The maximum atomic E-state index is 15.8. The highest BCUT2D eigenvalue weighted by Gasteiger charge is 2.40. The molecular weight excluding hydrogens is 481 g/mol. The van der Waals surface area contributed by atoms with Gasteiger partial charge in [0, 0.05) is 10.6 Å². The van der Waals surface area contributed by atoms with Gasteiger partial charge in [0.1, 0.15) is 0 Å². The second-order valence-electron chi connectivity index (χ2n) is 9.78. The van der Waals surface area contributed by atoms with Gasteiger partial charge in [-0.3, -0.25) is 5.32 Å². The zero-order valence-corrected chi connectivity index (χ0v) is 22.3. The quantitative estimate of drug-likeness (QED) is 0.235. The predicted octanol–water partition coefficient (Wildman–Crippen LogP) is 7.87. The van der Waals surface area contributed by atoms with Crippen LogP contribution in [0, 0.1) is 6.92 Å². The number of nitrogens with one attached hydrogen (secondary N) is 1. The molecule has 38 heavy (non-hydrogen) atoms. The van der Waals surface area contributed by atoms with E-state index in [0.29, 0.717) is 0 Å². The number of benzene rings is 5. The highest BCUT2D eigenvalue weighted by atomic mass is 31.2. The fourth-order valence-electron chi connectivity index (χ4n) is 5.57. The van der Waals surface area contributed by atoms with Gasteiger partial charge >= 0.3 is 0 Å². The second kappa shape index (κ2) is 10.4. The minimum Gasteiger partial charge on any atom is -0.312 e. The van der Waals surface area contributed by atoms with E-state index in [2.05, 4.69) is 85.1 Å². The van der Waals surface area contributed by atoms with Crippen LogP contribution in [0.4, 0.5) is 0 Å². The zero-order chi connectivity index (χ0) is 26.0. The minimum atomic E-state index is -3.22. The van der Waals surface area contributed by atoms with E-state index in [1.807, 2.05) is 72.8 Å². The molecule has 0 aromatic heterocycles. The van der Waals surface area contributed by atoms with Crippen molar-refractivity contribution in [3.05, 3.63) is 167 Å². The van der Waals surface area contributed by atoms with E-state index >= 15 is 4.57 Å². The fraction of sp³-hybridized carbons (Fsp3) is 0.0857. The molecular formula is C35H30NOP. The average Bonchev–Trinajstić information content (AvgIpc) is 3.14. The average molecular weight is 512 g/mol. The summed E-state index contributed by atoms with van der Waals surface area (Å²) in [6.45, 7) is 2.11. The lowest BCUT2D eigenvalue weighted by atomic mass is 9.93. The van der Waals surface area contributed by atoms with Crippen molar-refractivity contribution in [3.63, 3.8) is 0 Å². The van der Waals surface area contributed by atoms with Crippen LogP contribution in [0.3, 0.4) is 0 Å². The van der Waals surface area contributed by atoms with Gasteiger partial charge in [-0.2, -0.15) is 0 Å². The van der Waals surface area contributed by atoms with Crippen LogP contribution in [0.15, 0.2) is 133 Å². The van der Waals surface area contributed by atoms with Crippen molar-refractivity contribution in [2.45, 2.75) is 18.7 Å². The van der Waals surface area contributed by atoms with Gasteiger partial charge in [-0.1, -0.05) is 146 Å². The molecule has 5 aromatic carbocycles. The van der Waals surface area contributed by atoms with Crippen molar-refractivity contribution in [2.75, 3.05) is 0 Å². The molecule has 0 heterocycles. The van der Waals surface area contributed by atoms with E-state index in [0.717, 1.165) is 21.7 Å². The van der Waals surface area contributed by atoms with Gasteiger partial charge in [0.05, 0.1) is 11.8 Å². The Balaban J connectivity index is 1.61. The summed E-state index contributed by atoms with van der Waals surface area (Å²) >= 11 is 0. The maximum Gasteiger partial charge on any atom is 0.163 e. The number of hydrogen-bond acceptors (Lipinski definition) is 2. The lowest BCUT2D eigenvalue weighted by Crippen LogP contribution is -2.34. The first-order valence-corrected chi connectivity index (χ1v) is 14.8. The Morgan fingerprint density at radius 2 is 1.03 bits per heavy atom. The van der Waals surface area contributed by atoms with Crippen molar-refractivity contribution in [3.8, 4) is 0 Å². The Morgan fingerprint density at radius 3 is 1.55 bits per heavy atom. The van der Waals surface area contributed by atoms with Crippen molar-refractivity contribution in [1.29, 1.82) is 0 Å². The smallest absolute Gasteiger partial charge is 0.163 e. The molecule has 0 spiro atoms. The van der Waals surface area contributed by atoms with Crippen LogP contribution >= 0.6 is 7.14 Å². The third-order valence-corrected chi connectivity index (χ3v) is 10.8. The molecule has 6 rings (SSSR count). The molecule has 0 radical (unpaired) electrons. The summed E-state index contributed by atoms with van der Waals surface area (Å²) in [4.78, 5) is 0. The number of fused-ring (bicyclic) bond motifs is 2. The second-order valence-corrected chi connectivity index (χ2v) is 12.6. The molecule has 0 saturated heterocycles. The Morgan fingerprint density at radius 1 is 0.579 bits per heavy atom. The molecule has 0 amide bonds. The molecule has 0 aliphatic heterocycles. The van der Waals surface area contributed by atoms with Crippen LogP contribution < -0.4 is 15.9 Å². The first-order chi connectivity index (χ1) is 18.7. The van der Waals surface area contributed by atoms with E-state index in [-0.39, 0.29) is 6.04 Å². The Kier molecular flexibility index (Phi) is 6.68. The van der Waals surface area contributed by atoms with Crippen molar-refractivity contribution < 1.29 is 4.57 Å². The van der Waals surface area contributed by atoms with E-state index in [4.69, 9.17) is 0 Å². The van der Waals surface area contributed by atoms with Crippen molar-refractivity contribution in [1.82, 2.24) is 5.32 Å². The normalized spacial score (nSPS) is 13.8. The first-order valence-electron chi connectivity index (χ1n) is 13.0. The summed E-state index contributed by atoms with van der Waals surface area (Å²) in [5, 5.41) is 5.69. The van der Waals surface area contributed by atoms with Gasteiger partial charge in [0.25, 0.3) is 0 Å². The van der Waals surface area contributed by atoms with Crippen LogP contribution in [0.2, 0.25) is 0 Å². The summed E-state index contributed by atoms with van der Waals surface area (Å²) in [6.07, 6.45) is 4.37.